The van der Waals surface area contributed by atoms with E-state index in [0.717, 1.165) is 51.7 Å². The Labute approximate surface area is 121 Å². The molecule has 1 aliphatic carbocycles. The molecule has 1 atom stereocenters. The second kappa shape index (κ2) is 5.96. The highest BCUT2D eigenvalue weighted by Crippen LogP contribution is 2.33. The smallest absolute Gasteiger partial charge is 0.230 e. The van der Waals surface area contributed by atoms with Crippen LogP contribution in [0.2, 0.25) is 0 Å². The van der Waals surface area contributed by atoms with Crippen LogP contribution in [0, 0.1) is 5.92 Å². The molecule has 0 aromatic heterocycles. The van der Waals surface area contributed by atoms with E-state index in [1.54, 1.807) is 0 Å². The standard InChI is InChI=1S/C17H24N2O/c18-12-13-8-10-19(11-9-13)17(20)16-7-3-5-14-4-1-2-6-15(14)16/h1-2,4,6,13,16H,3,5,7-12,18H2. The van der Waals surface area contributed by atoms with Crippen LogP contribution < -0.4 is 5.73 Å². The fourth-order valence-corrected chi connectivity index (χ4v) is 3.62. The van der Waals surface area contributed by atoms with Gasteiger partial charge < -0.3 is 10.6 Å². The summed E-state index contributed by atoms with van der Waals surface area (Å²) in [6, 6.07) is 8.46. The number of nitrogens with zero attached hydrogens (tertiary/aromatic N) is 1. The van der Waals surface area contributed by atoms with Gasteiger partial charge in [-0.25, -0.2) is 0 Å². The monoisotopic (exact) mass is 272 g/mol. The number of rotatable bonds is 2. The first kappa shape index (κ1) is 13.6. The first-order valence-corrected chi connectivity index (χ1v) is 7.86. The Bertz CT molecular complexity index is 478. The largest absolute Gasteiger partial charge is 0.342 e. The van der Waals surface area contributed by atoms with Crippen LogP contribution in [-0.4, -0.2) is 30.4 Å². The van der Waals surface area contributed by atoms with Crippen LogP contribution in [-0.2, 0) is 11.2 Å². The number of nitrogens with two attached hydrogens (primary N) is 1. The van der Waals surface area contributed by atoms with E-state index in [0.29, 0.717) is 11.8 Å². The van der Waals surface area contributed by atoms with Gasteiger partial charge in [-0.05, 0) is 55.7 Å². The van der Waals surface area contributed by atoms with Crippen molar-refractivity contribution in [1.29, 1.82) is 0 Å². The number of hydrogen-bond acceptors (Lipinski definition) is 2. The van der Waals surface area contributed by atoms with Crippen LogP contribution in [0.1, 0.15) is 42.7 Å². The second-order valence-corrected chi connectivity index (χ2v) is 6.15. The highest BCUT2D eigenvalue weighted by Gasteiger charge is 2.31. The average Bonchev–Trinajstić information content (AvgIpc) is 2.54. The van der Waals surface area contributed by atoms with Gasteiger partial charge in [0, 0.05) is 13.1 Å². The summed E-state index contributed by atoms with van der Waals surface area (Å²) in [5, 5.41) is 0. The summed E-state index contributed by atoms with van der Waals surface area (Å²) in [5.74, 6) is 1.04. The highest BCUT2D eigenvalue weighted by atomic mass is 16.2. The van der Waals surface area contributed by atoms with Crippen LogP contribution in [0.5, 0.6) is 0 Å². The summed E-state index contributed by atoms with van der Waals surface area (Å²) in [5.41, 5.74) is 8.37. The fourth-order valence-electron chi connectivity index (χ4n) is 3.62. The number of fused-ring (bicyclic) bond motifs is 1. The third kappa shape index (κ3) is 2.59. The molecule has 2 aliphatic rings. The van der Waals surface area contributed by atoms with Crippen LogP contribution in [0.3, 0.4) is 0 Å². The van der Waals surface area contributed by atoms with E-state index < -0.39 is 0 Å². The van der Waals surface area contributed by atoms with Gasteiger partial charge in [0.15, 0.2) is 0 Å². The minimum Gasteiger partial charge on any atom is -0.342 e. The number of likely N-dealkylation sites (tertiary alicyclic amines) is 1. The van der Waals surface area contributed by atoms with Crippen molar-refractivity contribution < 1.29 is 4.79 Å². The van der Waals surface area contributed by atoms with Crippen molar-refractivity contribution in [3.63, 3.8) is 0 Å². The first-order chi connectivity index (χ1) is 9.79. The maximum Gasteiger partial charge on any atom is 0.230 e. The molecule has 1 heterocycles. The number of carbonyl (C=O) groups is 1. The van der Waals surface area contributed by atoms with Gasteiger partial charge in [0.2, 0.25) is 5.91 Å². The number of amides is 1. The van der Waals surface area contributed by atoms with Crippen molar-refractivity contribution in [2.75, 3.05) is 19.6 Å². The van der Waals surface area contributed by atoms with E-state index in [1.807, 2.05) is 0 Å². The molecule has 2 N–H and O–H groups in total. The third-order valence-electron chi connectivity index (χ3n) is 4.93. The van der Waals surface area contributed by atoms with Gasteiger partial charge in [0.1, 0.15) is 0 Å². The molecule has 3 nitrogen and oxygen atoms in total. The second-order valence-electron chi connectivity index (χ2n) is 6.15. The Hall–Kier alpha value is -1.35. The minimum absolute atomic E-state index is 0.0920. The van der Waals surface area contributed by atoms with Crippen molar-refractivity contribution in [1.82, 2.24) is 4.90 Å². The quantitative estimate of drug-likeness (QED) is 0.898. The lowest BCUT2D eigenvalue weighted by Gasteiger charge is -2.35. The lowest BCUT2D eigenvalue weighted by atomic mass is 9.81. The molecule has 1 unspecified atom stereocenters. The summed E-state index contributed by atoms with van der Waals surface area (Å²) >= 11 is 0. The maximum absolute atomic E-state index is 12.8. The fraction of sp³-hybridized carbons (Fsp3) is 0.588. The first-order valence-electron chi connectivity index (χ1n) is 7.86. The van der Waals surface area contributed by atoms with Crippen LogP contribution in [0.4, 0.5) is 0 Å². The molecule has 108 valence electrons. The van der Waals surface area contributed by atoms with Gasteiger partial charge in [-0.1, -0.05) is 24.3 Å². The van der Waals surface area contributed by atoms with E-state index in [4.69, 9.17) is 5.73 Å². The molecule has 0 radical (unpaired) electrons. The molecule has 3 rings (SSSR count). The van der Waals surface area contributed by atoms with Crippen molar-refractivity contribution >= 4 is 5.91 Å². The summed E-state index contributed by atoms with van der Waals surface area (Å²) in [6.45, 7) is 2.53. The summed E-state index contributed by atoms with van der Waals surface area (Å²) in [7, 11) is 0. The molecule has 1 saturated heterocycles. The van der Waals surface area contributed by atoms with Crippen molar-refractivity contribution in [3.8, 4) is 0 Å². The Morgan fingerprint density at radius 2 is 1.95 bits per heavy atom. The van der Waals surface area contributed by atoms with E-state index in [-0.39, 0.29) is 5.92 Å². The summed E-state index contributed by atoms with van der Waals surface area (Å²) in [6.07, 6.45) is 5.39. The van der Waals surface area contributed by atoms with E-state index >= 15 is 0 Å². The Morgan fingerprint density at radius 1 is 1.20 bits per heavy atom. The minimum atomic E-state index is 0.0920. The summed E-state index contributed by atoms with van der Waals surface area (Å²) in [4.78, 5) is 14.9. The zero-order valence-corrected chi connectivity index (χ0v) is 12.1. The number of hydrogen-bond donors (Lipinski definition) is 1. The molecule has 0 bridgehead atoms. The lowest BCUT2D eigenvalue weighted by Crippen LogP contribution is -2.42. The highest BCUT2D eigenvalue weighted by molar-refractivity contribution is 5.84. The number of benzene rings is 1. The third-order valence-corrected chi connectivity index (χ3v) is 4.93. The van der Waals surface area contributed by atoms with Crippen molar-refractivity contribution in [2.45, 2.75) is 38.0 Å². The normalized spacial score (nSPS) is 23.4. The van der Waals surface area contributed by atoms with E-state index in [2.05, 4.69) is 29.2 Å². The van der Waals surface area contributed by atoms with Crippen LogP contribution >= 0.6 is 0 Å². The molecule has 1 aromatic carbocycles. The van der Waals surface area contributed by atoms with Crippen LogP contribution in [0.25, 0.3) is 0 Å². The molecule has 1 aliphatic heterocycles. The molecule has 0 saturated carbocycles. The number of piperidine rings is 1. The van der Waals surface area contributed by atoms with Gasteiger partial charge in [0.05, 0.1) is 5.92 Å². The molecule has 0 spiro atoms. The predicted octanol–water partition coefficient (Wildman–Crippen LogP) is 2.30. The molecular weight excluding hydrogens is 248 g/mol. The molecule has 1 fully saturated rings. The molecular formula is C17H24N2O. The Kier molecular flexibility index (Phi) is 4.06. The van der Waals surface area contributed by atoms with Crippen molar-refractivity contribution in [3.05, 3.63) is 35.4 Å². The molecule has 1 aromatic rings. The topological polar surface area (TPSA) is 46.3 Å². The zero-order chi connectivity index (χ0) is 13.9. The van der Waals surface area contributed by atoms with Gasteiger partial charge in [-0.2, -0.15) is 0 Å². The van der Waals surface area contributed by atoms with E-state index in [1.165, 1.54) is 11.1 Å². The van der Waals surface area contributed by atoms with E-state index in [9.17, 15) is 4.79 Å². The molecule has 1 amide bonds. The zero-order valence-electron chi connectivity index (χ0n) is 12.1. The number of aryl methyl sites for hydroxylation is 1. The number of carbonyl (C=O) groups excluding carboxylic acids is 1. The van der Waals surface area contributed by atoms with Gasteiger partial charge >= 0.3 is 0 Å². The lowest BCUT2D eigenvalue weighted by molar-refractivity contribution is -0.134. The SMILES string of the molecule is NCC1CCN(C(=O)C2CCCc3ccccc32)CC1. The molecule has 3 heteroatoms. The van der Waals surface area contributed by atoms with Gasteiger partial charge in [-0.3, -0.25) is 4.79 Å². The summed E-state index contributed by atoms with van der Waals surface area (Å²) < 4.78 is 0. The Balaban J connectivity index is 1.72. The Morgan fingerprint density at radius 3 is 2.70 bits per heavy atom. The maximum atomic E-state index is 12.8. The van der Waals surface area contributed by atoms with Crippen LogP contribution in [0.15, 0.2) is 24.3 Å². The predicted molar refractivity (Wildman–Crippen MR) is 80.5 cm³/mol. The average molecular weight is 272 g/mol. The molecule has 20 heavy (non-hydrogen) atoms. The van der Waals surface area contributed by atoms with Crippen molar-refractivity contribution in [2.24, 2.45) is 11.7 Å². The van der Waals surface area contributed by atoms with Gasteiger partial charge in [0.25, 0.3) is 0 Å². The van der Waals surface area contributed by atoms with Gasteiger partial charge in [-0.15, -0.1) is 0 Å².